The van der Waals surface area contributed by atoms with Gasteiger partial charge >= 0.3 is 0 Å². The topological polar surface area (TPSA) is 0 Å². The van der Waals surface area contributed by atoms with Crippen LogP contribution in [-0.2, 0) is 6.42 Å². The quantitative estimate of drug-likeness (QED) is 0.685. The minimum atomic E-state index is 0.0878. The van der Waals surface area contributed by atoms with Gasteiger partial charge in [0.15, 0.2) is 0 Å². The lowest BCUT2D eigenvalue weighted by Crippen LogP contribution is -1.96. The summed E-state index contributed by atoms with van der Waals surface area (Å²) in [6.45, 7) is 2.11. The Balaban J connectivity index is 2.15. The average molecular weight is 237 g/mol. The van der Waals surface area contributed by atoms with E-state index in [1.165, 1.54) is 16.0 Å². The molecule has 0 aliphatic heterocycles. The summed E-state index contributed by atoms with van der Waals surface area (Å²) >= 11 is 8.18. The molecule has 2 rings (SSSR count). The van der Waals surface area contributed by atoms with Gasteiger partial charge in [-0.1, -0.05) is 30.3 Å². The lowest BCUT2D eigenvalue weighted by atomic mass is 10.0. The zero-order valence-corrected chi connectivity index (χ0v) is 10.2. The largest absolute Gasteiger partial charge is 0.149 e. The molecule has 0 aliphatic rings. The fourth-order valence-corrected chi connectivity index (χ4v) is 2.91. The van der Waals surface area contributed by atoms with Crippen LogP contribution in [0.15, 0.2) is 41.8 Å². The first-order valence-corrected chi connectivity index (χ1v) is 6.31. The molecule has 2 heteroatoms. The summed E-state index contributed by atoms with van der Waals surface area (Å²) in [6.07, 6.45) is 0.921. The van der Waals surface area contributed by atoms with Gasteiger partial charge in [-0.15, -0.1) is 22.9 Å². The molecule has 15 heavy (non-hydrogen) atoms. The third-order valence-electron chi connectivity index (χ3n) is 2.49. The molecule has 1 unspecified atom stereocenters. The minimum Gasteiger partial charge on any atom is -0.149 e. The Morgan fingerprint density at radius 2 is 2.00 bits per heavy atom. The molecule has 0 nitrogen and oxygen atoms in total. The van der Waals surface area contributed by atoms with Crippen molar-refractivity contribution in [1.29, 1.82) is 0 Å². The Hall–Kier alpha value is -0.790. The molecule has 0 saturated carbocycles. The maximum absolute atomic E-state index is 6.41. The average Bonchev–Trinajstić information content (AvgIpc) is 2.71. The van der Waals surface area contributed by atoms with Gasteiger partial charge < -0.3 is 0 Å². The lowest BCUT2D eigenvalue weighted by molar-refractivity contribution is 0.926. The zero-order chi connectivity index (χ0) is 10.7. The summed E-state index contributed by atoms with van der Waals surface area (Å²) in [4.78, 5) is 1.35. The second-order valence-corrected chi connectivity index (χ2v) is 5.17. The van der Waals surface area contributed by atoms with Crippen LogP contribution in [0.4, 0.5) is 0 Å². The first-order chi connectivity index (χ1) is 7.27. The van der Waals surface area contributed by atoms with Crippen molar-refractivity contribution in [1.82, 2.24) is 0 Å². The summed E-state index contributed by atoms with van der Waals surface area (Å²) in [6, 6.07) is 12.5. The van der Waals surface area contributed by atoms with E-state index in [4.69, 9.17) is 11.6 Å². The van der Waals surface area contributed by atoms with Crippen LogP contribution in [0.5, 0.6) is 0 Å². The van der Waals surface area contributed by atoms with Crippen LogP contribution in [0.1, 0.15) is 21.4 Å². The highest BCUT2D eigenvalue weighted by Crippen LogP contribution is 2.28. The molecule has 1 atom stereocenters. The number of alkyl halides is 1. The number of aryl methyl sites for hydroxylation is 1. The van der Waals surface area contributed by atoms with Crippen molar-refractivity contribution in [2.75, 3.05) is 0 Å². The Kier molecular flexibility index (Phi) is 3.45. The van der Waals surface area contributed by atoms with Gasteiger partial charge in [0.1, 0.15) is 0 Å². The van der Waals surface area contributed by atoms with E-state index in [2.05, 4.69) is 36.6 Å². The van der Waals surface area contributed by atoms with Gasteiger partial charge in [-0.2, -0.15) is 0 Å². The molecular weight excluding hydrogens is 224 g/mol. The van der Waals surface area contributed by atoms with Crippen molar-refractivity contribution >= 4 is 22.9 Å². The van der Waals surface area contributed by atoms with Gasteiger partial charge in [-0.25, -0.2) is 0 Å². The van der Waals surface area contributed by atoms with Crippen LogP contribution < -0.4 is 0 Å². The minimum absolute atomic E-state index is 0.0878. The standard InChI is InChI=1S/C13H13ClS/c1-10-5-2-3-7-12(10)13(14)9-11-6-4-8-15-11/h2-8,13H,9H2,1H3. The third-order valence-corrected chi connectivity index (χ3v) is 3.77. The molecular formula is C13H13ClS. The maximum atomic E-state index is 6.41. The normalized spacial score (nSPS) is 12.7. The van der Waals surface area contributed by atoms with Gasteiger partial charge in [0.05, 0.1) is 5.38 Å². The molecule has 0 aliphatic carbocycles. The summed E-state index contributed by atoms with van der Waals surface area (Å²) in [7, 11) is 0. The molecule has 78 valence electrons. The molecule has 0 spiro atoms. The predicted octanol–water partition coefficient (Wildman–Crippen LogP) is 4.58. The van der Waals surface area contributed by atoms with Gasteiger partial charge in [0, 0.05) is 11.3 Å². The van der Waals surface area contributed by atoms with E-state index in [1.807, 2.05) is 12.1 Å². The molecule has 0 radical (unpaired) electrons. The summed E-state index contributed by atoms with van der Waals surface area (Å²) in [5.41, 5.74) is 2.52. The van der Waals surface area contributed by atoms with Crippen molar-refractivity contribution in [2.45, 2.75) is 18.7 Å². The van der Waals surface area contributed by atoms with Crippen LogP contribution in [0.25, 0.3) is 0 Å². The van der Waals surface area contributed by atoms with E-state index in [1.54, 1.807) is 11.3 Å². The Labute approximate surface area is 99.5 Å². The molecule has 0 fully saturated rings. The molecule has 0 saturated heterocycles. The lowest BCUT2D eigenvalue weighted by Gasteiger charge is -2.11. The molecule has 0 bridgehead atoms. The zero-order valence-electron chi connectivity index (χ0n) is 8.61. The fourth-order valence-electron chi connectivity index (χ4n) is 1.65. The third kappa shape index (κ3) is 2.61. The molecule has 1 aromatic carbocycles. The van der Waals surface area contributed by atoms with Crippen LogP contribution >= 0.6 is 22.9 Å². The van der Waals surface area contributed by atoms with Crippen LogP contribution in [0, 0.1) is 6.92 Å². The number of rotatable bonds is 3. The number of thiophene rings is 1. The van der Waals surface area contributed by atoms with Crippen LogP contribution in [0.2, 0.25) is 0 Å². The van der Waals surface area contributed by atoms with Gasteiger partial charge in [0.25, 0.3) is 0 Å². The van der Waals surface area contributed by atoms with Crippen molar-refractivity contribution in [2.24, 2.45) is 0 Å². The number of hydrogen-bond donors (Lipinski definition) is 0. The van der Waals surface area contributed by atoms with E-state index in [-0.39, 0.29) is 5.38 Å². The number of hydrogen-bond acceptors (Lipinski definition) is 1. The molecule has 0 amide bonds. The number of benzene rings is 1. The summed E-state index contributed by atoms with van der Waals surface area (Å²) < 4.78 is 0. The SMILES string of the molecule is Cc1ccccc1C(Cl)Cc1cccs1. The Bertz CT molecular complexity index is 420. The van der Waals surface area contributed by atoms with Crippen LogP contribution in [-0.4, -0.2) is 0 Å². The second-order valence-electron chi connectivity index (χ2n) is 3.61. The monoisotopic (exact) mass is 236 g/mol. The molecule has 0 N–H and O–H groups in total. The Morgan fingerprint density at radius 1 is 1.20 bits per heavy atom. The first kappa shape index (κ1) is 10.7. The van der Waals surface area contributed by atoms with E-state index in [0.717, 1.165) is 6.42 Å². The summed E-state index contributed by atoms with van der Waals surface area (Å²) in [5.74, 6) is 0. The van der Waals surface area contributed by atoms with Crippen molar-refractivity contribution in [3.63, 3.8) is 0 Å². The highest BCUT2D eigenvalue weighted by molar-refractivity contribution is 7.09. The van der Waals surface area contributed by atoms with Crippen LogP contribution in [0.3, 0.4) is 0 Å². The fraction of sp³-hybridized carbons (Fsp3) is 0.231. The van der Waals surface area contributed by atoms with Gasteiger partial charge in [0.2, 0.25) is 0 Å². The first-order valence-electron chi connectivity index (χ1n) is 4.99. The van der Waals surface area contributed by atoms with E-state index < -0.39 is 0 Å². The predicted molar refractivity (Wildman–Crippen MR) is 67.8 cm³/mol. The molecule has 1 heterocycles. The van der Waals surface area contributed by atoms with E-state index in [9.17, 15) is 0 Å². The van der Waals surface area contributed by atoms with Crippen molar-refractivity contribution in [3.8, 4) is 0 Å². The number of halogens is 1. The van der Waals surface area contributed by atoms with Gasteiger partial charge in [-0.3, -0.25) is 0 Å². The summed E-state index contributed by atoms with van der Waals surface area (Å²) in [5, 5.41) is 2.18. The molecule has 1 aromatic heterocycles. The Morgan fingerprint density at radius 3 is 2.67 bits per heavy atom. The second kappa shape index (κ2) is 4.82. The van der Waals surface area contributed by atoms with Crippen molar-refractivity contribution in [3.05, 3.63) is 57.8 Å². The van der Waals surface area contributed by atoms with E-state index >= 15 is 0 Å². The molecule has 2 aromatic rings. The van der Waals surface area contributed by atoms with Crippen molar-refractivity contribution < 1.29 is 0 Å². The highest BCUT2D eigenvalue weighted by atomic mass is 35.5. The van der Waals surface area contributed by atoms with Gasteiger partial charge in [-0.05, 0) is 29.5 Å². The highest BCUT2D eigenvalue weighted by Gasteiger charge is 2.11. The maximum Gasteiger partial charge on any atom is 0.0635 e. The smallest absolute Gasteiger partial charge is 0.0635 e. The van der Waals surface area contributed by atoms with E-state index in [0.29, 0.717) is 0 Å².